The fourth-order valence-corrected chi connectivity index (χ4v) is 3.91. The van der Waals surface area contributed by atoms with E-state index in [4.69, 9.17) is 11.5 Å². The zero-order valence-electron chi connectivity index (χ0n) is 15.7. The molecule has 1 aromatic heterocycles. The van der Waals surface area contributed by atoms with Crippen molar-refractivity contribution in [3.63, 3.8) is 0 Å². The van der Waals surface area contributed by atoms with Crippen molar-refractivity contribution in [2.45, 2.75) is 26.2 Å². The highest BCUT2D eigenvalue weighted by Crippen LogP contribution is 2.34. The van der Waals surface area contributed by atoms with Crippen LogP contribution >= 0.6 is 11.3 Å². The van der Waals surface area contributed by atoms with Crippen LogP contribution in [0.2, 0.25) is 0 Å². The predicted octanol–water partition coefficient (Wildman–Crippen LogP) is 2.12. The van der Waals surface area contributed by atoms with E-state index in [0.29, 0.717) is 17.5 Å². The standard InChI is InChI=1S/C19H23FN4O3S/c1-3-13(11-4-6-12(20)7-5-11)17(26)24-19-14(18(27)23-9-8-21)10(2)15(28-19)16(22)25/h4-7,13H,3,8-9,21H2,1-2H3,(H2,22,25)(H,23,27)(H,24,26). The third-order valence-electron chi connectivity index (χ3n) is 4.26. The maximum Gasteiger partial charge on any atom is 0.259 e. The molecule has 1 unspecified atom stereocenters. The van der Waals surface area contributed by atoms with E-state index < -0.39 is 23.5 Å². The minimum atomic E-state index is -0.679. The fraction of sp³-hybridized carbons (Fsp3) is 0.316. The Kier molecular flexibility index (Phi) is 7.24. The molecule has 6 N–H and O–H groups in total. The molecule has 2 aromatic rings. The first-order valence-electron chi connectivity index (χ1n) is 8.77. The van der Waals surface area contributed by atoms with Gasteiger partial charge in [-0.05, 0) is 36.6 Å². The molecule has 28 heavy (non-hydrogen) atoms. The normalized spacial score (nSPS) is 11.7. The van der Waals surface area contributed by atoms with Gasteiger partial charge in [-0.15, -0.1) is 11.3 Å². The van der Waals surface area contributed by atoms with Crippen LogP contribution in [0.3, 0.4) is 0 Å². The second-order valence-corrected chi connectivity index (χ2v) is 7.19. The molecule has 150 valence electrons. The van der Waals surface area contributed by atoms with E-state index in [9.17, 15) is 18.8 Å². The van der Waals surface area contributed by atoms with Crippen LogP contribution in [-0.4, -0.2) is 30.8 Å². The Labute approximate surface area is 166 Å². The van der Waals surface area contributed by atoms with Gasteiger partial charge in [0.25, 0.3) is 11.8 Å². The van der Waals surface area contributed by atoms with Gasteiger partial charge < -0.3 is 22.1 Å². The predicted molar refractivity (Wildman–Crippen MR) is 107 cm³/mol. The number of nitrogens with two attached hydrogens (primary N) is 2. The summed E-state index contributed by atoms with van der Waals surface area (Å²) in [6, 6.07) is 5.67. The van der Waals surface area contributed by atoms with Gasteiger partial charge in [0.05, 0.1) is 16.4 Å². The first kappa shape index (κ1) is 21.5. The molecule has 1 atom stereocenters. The molecule has 9 heteroatoms. The van der Waals surface area contributed by atoms with E-state index in [1.165, 1.54) is 12.1 Å². The molecule has 0 spiro atoms. The lowest BCUT2D eigenvalue weighted by Crippen LogP contribution is -2.30. The van der Waals surface area contributed by atoms with E-state index in [0.717, 1.165) is 11.3 Å². The van der Waals surface area contributed by atoms with Gasteiger partial charge in [0.2, 0.25) is 5.91 Å². The van der Waals surface area contributed by atoms with Crippen LogP contribution in [0.1, 0.15) is 50.4 Å². The Morgan fingerprint density at radius 3 is 2.39 bits per heavy atom. The van der Waals surface area contributed by atoms with Gasteiger partial charge in [-0.1, -0.05) is 19.1 Å². The Balaban J connectivity index is 2.36. The lowest BCUT2D eigenvalue weighted by atomic mass is 9.95. The summed E-state index contributed by atoms with van der Waals surface area (Å²) in [5.74, 6) is -2.42. The van der Waals surface area contributed by atoms with Crippen LogP contribution in [0.15, 0.2) is 24.3 Å². The highest BCUT2D eigenvalue weighted by atomic mass is 32.1. The molecule has 0 radical (unpaired) electrons. The summed E-state index contributed by atoms with van der Waals surface area (Å²) in [6.07, 6.45) is 0.471. The number of amides is 3. The number of halogens is 1. The largest absolute Gasteiger partial charge is 0.365 e. The SMILES string of the molecule is CCC(C(=O)Nc1sc(C(N)=O)c(C)c1C(=O)NCCN)c1ccc(F)cc1. The summed E-state index contributed by atoms with van der Waals surface area (Å²) >= 11 is 0.951. The first-order chi connectivity index (χ1) is 13.3. The van der Waals surface area contributed by atoms with Gasteiger partial charge >= 0.3 is 0 Å². The fourth-order valence-electron chi connectivity index (χ4n) is 2.85. The maximum atomic E-state index is 13.2. The van der Waals surface area contributed by atoms with Crippen molar-refractivity contribution < 1.29 is 18.8 Å². The Bertz CT molecular complexity index is 880. The smallest absolute Gasteiger partial charge is 0.259 e. The molecule has 0 fully saturated rings. The summed E-state index contributed by atoms with van der Waals surface area (Å²) < 4.78 is 13.2. The maximum absolute atomic E-state index is 13.2. The van der Waals surface area contributed by atoms with Crippen molar-refractivity contribution in [3.05, 3.63) is 51.7 Å². The molecule has 1 aromatic carbocycles. The number of hydrogen-bond acceptors (Lipinski definition) is 5. The van der Waals surface area contributed by atoms with Gasteiger partial charge in [0.1, 0.15) is 10.8 Å². The van der Waals surface area contributed by atoms with Gasteiger partial charge in [0.15, 0.2) is 0 Å². The average molecular weight is 406 g/mol. The van der Waals surface area contributed by atoms with Crippen molar-refractivity contribution in [1.29, 1.82) is 0 Å². The van der Waals surface area contributed by atoms with Crippen LogP contribution in [0.4, 0.5) is 9.39 Å². The van der Waals surface area contributed by atoms with Crippen molar-refractivity contribution in [2.75, 3.05) is 18.4 Å². The zero-order chi connectivity index (χ0) is 20.8. The van der Waals surface area contributed by atoms with Crippen LogP contribution in [0.25, 0.3) is 0 Å². The summed E-state index contributed by atoms with van der Waals surface area (Å²) in [6.45, 7) is 3.93. The highest BCUT2D eigenvalue weighted by Gasteiger charge is 2.27. The molecular formula is C19H23FN4O3S. The molecule has 0 saturated heterocycles. The van der Waals surface area contributed by atoms with Gasteiger partial charge in [-0.2, -0.15) is 0 Å². The van der Waals surface area contributed by atoms with Crippen molar-refractivity contribution in [3.8, 4) is 0 Å². The minimum absolute atomic E-state index is 0.189. The molecule has 0 bridgehead atoms. The molecular weight excluding hydrogens is 383 g/mol. The average Bonchev–Trinajstić information content (AvgIpc) is 2.98. The Morgan fingerprint density at radius 2 is 1.86 bits per heavy atom. The molecule has 7 nitrogen and oxygen atoms in total. The number of carbonyl (C=O) groups excluding carboxylic acids is 3. The molecule has 1 heterocycles. The van der Waals surface area contributed by atoms with Gasteiger partial charge in [-0.25, -0.2) is 4.39 Å². The van der Waals surface area contributed by atoms with Crippen LogP contribution < -0.4 is 22.1 Å². The zero-order valence-corrected chi connectivity index (χ0v) is 16.5. The number of carbonyl (C=O) groups is 3. The Morgan fingerprint density at radius 1 is 1.21 bits per heavy atom. The molecule has 0 aliphatic rings. The van der Waals surface area contributed by atoms with E-state index in [-0.39, 0.29) is 34.4 Å². The topological polar surface area (TPSA) is 127 Å². The van der Waals surface area contributed by atoms with Crippen molar-refractivity contribution >= 4 is 34.1 Å². The van der Waals surface area contributed by atoms with E-state index in [1.807, 2.05) is 6.92 Å². The van der Waals surface area contributed by atoms with E-state index >= 15 is 0 Å². The van der Waals surface area contributed by atoms with Gasteiger partial charge in [0, 0.05) is 13.1 Å². The minimum Gasteiger partial charge on any atom is -0.365 e. The van der Waals surface area contributed by atoms with Crippen molar-refractivity contribution in [2.24, 2.45) is 11.5 Å². The van der Waals surface area contributed by atoms with E-state index in [1.54, 1.807) is 19.1 Å². The second-order valence-electron chi connectivity index (χ2n) is 6.17. The summed E-state index contributed by atoms with van der Waals surface area (Å²) in [7, 11) is 0. The number of anilines is 1. The number of hydrogen-bond donors (Lipinski definition) is 4. The van der Waals surface area contributed by atoms with Crippen LogP contribution in [0.5, 0.6) is 0 Å². The summed E-state index contributed by atoms with van der Waals surface area (Å²) in [4.78, 5) is 37.2. The first-order valence-corrected chi connectivity index (χ1v) is 9.59. The molecule has 3 amide bonds. The third-order valence-corrected chi connectivity index (χ3v) is 5.48. The molecule has 0 aliphatic heterocycles. The number of benzene rings is 1. The van der Waals surface area contributed by atoms with Crippen LogP contribution in [0, 0.1) is 12.7 Å². The van der Waals surface area contributed by atoms with Crippen molar-refractivity contribution in [1.82, 2.24) is 5.32 Å². The number of rotatable bonds is 8. The summed E-state index contributed by atoms with van der Waals surface area (Å²) in [5.41, 5.74) is 12.0. The lowest BCUT2D eigenvalue weighted by molar-refractivity contribution is -0.117. The highest BCUT2D eigenvalue weighted by molar-refractivity contribution is 7.18. The molecule has 2 rings (SSSR count). The molecule has 0 aliphatic carbocycles. The molecule has 0 saturated carbocycles. The number of primary amides is 1. The van der Waals surface area contributed by atoms with E-state index in [2.05, 4.69) is 10.6 Å². The Hall–Kier alpha value is -2.78. The number of nitrogens with one attached hydrogen (secondary N) is 2. The monoisotopic (exact) mass is 406 g/mol. The number of thiophene rings is 1. The quantitative estimate of drug-likeness (QED) is 0.535. The summed E-state index contributed by atoms with van der Waals surface area (Å²) in [5, 5.41) is 5.61. The second kappa shape index (κ2) is 9.43. The third kappa shape index (κ3) is 4.73. The van der Waals surface area contributed by atoms with Gasteiger partial charge in [-0.3, -0.25) is 14.4 Å². The lowest BCUT2D eigenvalue weighted by Gasteiger charge is -2.16. The van der Waals surface area contributed by atoms with Crippen LogP contribution in [-0.2, 0) is 4.79 Å².